The standard InChI is InChI=1S/C27H23N3O4/c1-27(23-14-12-20(16-28)13-15-23)25(32)29(18-24(31)34-19-22-10-6-3-7-11-22)26(33)30(27)17-21-8-4-2-5-9-21/h2-15H,17-19H2,1H3. The summed E-state index contributed by atoms with van der Waals surface area (Å²) in [6, 6.07) is 26.5. The van der Waals surface area contributed by atoms with Crippen molar-refractivity contribution in [2.24, 2.45) is 0 Å². The highest BCUT2D eigenvalue weighted by molar-refractivity contribution is 6.08. The molecule has 1 unspecified atom stereocenters. The van der Waals surface area contributed by atoms with Gasteiger partial charge in [0.2, 0.25) is 0 Å². The molecule has 0 radical (unpaired) electrons. The molecular formula is C27H23N3O4. The van der Waals surface area contributed by atoms with Gasteiger partial charge in [-0.25, -0.2) is 4.79 Å². The number of hydrogen-bond acceptors (Lipinski definition) is 5. The first kappa shape index (κ1) is 22.7. The van der Waals surface area contributed by atoms with Crippen LogP contribution in [0.3, 0.4) is 0 Å². The summed E-state index contributed by atoms with van der Waals surface area (Å²) in [6.07, 6.45) is 0. The second kappa shape index (κ2) is 9.59. The van der Waals surface area contributed by atoms with Gasteiger partial charge in [-0.2, -0.15) is 5.26 Å². The topological polar surface area (TPSA) is 90.7 Å². The minimum atomic E-state index is -1.35. The highest BCUT2D eigenvalue weighted by atomic mass is 16.5. The third-order valence-corrected chi connectivity index (χ3v) is 5.95. The van der Waals surface area contributed by atoms with Crippen LogP contribution in [0.4, 0.5) is 4.79 Å². The van der Waals surface area contributed by atoms with Gasteiger partial charge in [0.15, 0.2) is 0 Å². The normalized spacial score (nSPS) is 17.5. The van der Waals surface area contributed by atoms with Gasteiger partial charge in [0.1, 0.15) is 18.7 Å². The monoisotopic (exact) mass is 453 g/mol. The van der Waals surface area contributed by atoms with Crippen molar-refractivity contribution in [2.75, 3.05) is 6.54 Å². The summed E-state index contributed by atoms with van der Waals surface area (Å²) in [5, 5.41) is 9.13. The molecular weight excluding hydrogens is 430 g/mol. The van der Waals surface area contributed by atoms with E-state index in [1.165, 1.54) is 4.90 Å². The number of carbonyl (C=O) groups is 3. The van der Waals surface area contributed by atoms with Gasteiger partial charge in [-0.3, -0.25) is 14.5 Å². The molecule has 0 saturated carbocycles. The molecule has 1 aliphatic heterocycles. The molecule has 4 rings (SSSR count). The van der Waals surface area contributed by atoms with Crippen molar-refractivity contribution in [3.63, 3.8) is 0 Å². The number of benzene rings is 3. The van der Waals surface area contributed by atoms with Gasteiger partial charge in [0.25, 0.3) is 5.91 Å². The number of nitrogens with zero attached hydrogens (tertiary/aromatic N) is 3. The lowest BCUT2D eigenvalue weighted by Crippen LogP contribution is -2.44. The SMILES string of the molecule is CC1(c2ccc(C#N)cc2)C(=O)N(CC(=O)OCc2ccccc2)C(=O)N1Cc1ccccc1. The number of rotatable bonds is 7. The molecule has 1 fully saturated rings. The van der Waals surface area contributed by atoms with Crippen LogP contribution in [-0.4, -0.2) is 34.3 Å². The first-order chi connectivity index (χ1) is 16.4. The fourth-order valence-corrected chi connectivity index (χ4v) is 3.99. The van der Waals surface area contributed by atoms with Crippen molar-refractivity contribution in [2.45, 2.75) is 25.6 Å². The number of ether oxygens (including phenoxy) is 1. The molecule has 0 spiro atoms. The quantitative estimate of drug-likeness (QED) is 0.399. The molecule has 1 saturated heterocycles. The van der Waals surface area contributed by atoms with Crippen LogP contribution in [0.2, 0.25) is 0 Å². The van der Waals surface area contributed by atoms with Gasteiger partial charge in [0, 0.05) is 6.54 Å². The van der Waals surface area contributed by atoms with Crippen LogP contribution < -0.4 is 0 Å². The van der Waals surface area contributed by atoms with Crippen molar-refractivity contribution < 1.29 is 19.1 Å². The average Bonchev–Trinajstić information content (AvgIpc) is 3.05. The Morgan fingerprint density at radius 3 is 2.09 bits per heavy atom. The van der Waals surface area contributed by atoms with Gasteiger partial charge in [-0.05, 0) is 35.7 Å². The molecule has 0 N–H and O–H groups in total. The number of imide groups is 1. The van der Waals surface area contributed by atoms with Crippen LogP contribution in [0.25, 0.3) is 0 Å². The maximum absolute atomic E-state index is 13.6. The van der Waals surface area contributed by atoms with Crippen molar-refractivity contribution >= 4 is 17.9 Å². The van der Waals surface area contributed by atoms with Gasteiger partial charge in [0.05, 0.1) is 11.6 Å². The molecule has 7 heteroatoms. The predicted octanol–water partition coefficient (Wildman–Crippen LogP) is 3.98. The molecule has 1 heterocycles. The van der Waals surface area contributed by atoms with Crippen molar-refractivity contribution in [1.29, 1.82) is 5.26 Å². The van der Waals surface area contributed by atoms with Gasteiger partial charge in [-0.1, -0.05) is 72.8 Å². The van der Waals surface area contributed by atoms with E-state index in [4.69, 9.17) is 10.00 Å². The average molecular weight is 453 g/mol. The number of esters is 1. The Hall–Kier alpha value is -4.44. The Bertz CT molecular complexity index is 1240. The Morgan fingerprint density at radius 1 is 0.912 bits per heavy atom. The predicted molar refractivity (Wildman–Crippen MR) is 124 cm³/mol. The van der Waals surface area contributed by atoms with Gasteiger partial charge < -0.3 is 9.64 Å². The Kier molecular flexibility index (Phi) is 6.42. The molecule has 34 heavy (non-hydrogen) atoms. The number of hydrogen-bond donors (Lipinski definition) is 0. The Morgan fingerprint density at radius 2 is 1.50 bits per heavy atom. The molecule has 3 aromatic carbocycles. The fourth-order valence-electron chi connectivity index (χ4n) is 3.99. The number of nitriles is 1. The van der Waals surface area contributed by atoms with E-state index in [0.29, 0.717) is 11.1 Å². The fraction of sp³-hybridized carbons (Fsp3) is 0.185. The minimum absolute atomic E-state index is 0.0521. The van der Waals surface area contributed by atoms with E-state index in [1.807, 2.05) is 60.7 Å². The maximum atomic E-state index is 13.6. The van der Waals surface area contributed by atoms with Crippen LogP contribution in [0.15, 0.2) is 84.9 Å². The van der Waals surface area contributed by atoms with E-state index < -0.39 is 30.0 Å². The van der Waals surface area contributed by atoms with Crippen LogP contribution in [-0.2, 0) is 33.0 Å². The van der Waals surface area contributed by atoms with E-state index >= 15 is 0 Å². The third kappa shape index (κ3) is 4.39. The molecule has 170 valence electrons. The van der Waals surface area contributed by atoms with Crippen molar-refractivity contribution in [3.05, 3.63) is 107 Å². The zero-order valence-corrected chi connectivity index (χ0v) is 18.7. The van der Waals surface area contributed by atoms with Gasteiger partial charge in [-0.15, -0.1) is 0 Å². The summed E-state index contributed by atoms with van der Waals surface area (Å²) < 4.78 is 5.30. The molecule has 3 aromatic rings. The zero-order valence-electron chi connectivity index (χ0n) is 18.7. The molecule has 1 atom stereocenters. The molecule has 0 aromatic heterocycles. The summed E-state index contributed by atoms with van der Waals surface area (Å²) in [7, 11) is 0. The van der Waals surface area contributed by atoms with E-state index in [-0.39, 0.29) is 13.2 Å². The lowest BCUT2D eigenvalue weighted by atomic mass is 9.89. The Labute approximate surface area is 197 Å². The first-order valence-corrected chi connectivity index (χ1v) is 10.8. The van der Waals surface area contributed by atoms with E-state index in [0.717, 1.165) is 16.0 Å². The summed E-state index contributed by atoms with van der Waals surface area (Å²) >= 11 is 0. The van der Waals surface area contributed by atoms with E-state index in [9.17, 15) is 14.4 Å². The molecule has 1 aliphatic rings. The number of carbonyl (C=O) groups excluding carboxylic acids is 3. The smallest absolute Gasteiger partial charge is 0.328 e. The lowest BCUT2D eigenvalue weighted by Gasteiger charge is -2.32. The van der Waals surface area contributed by atoms with Crippen LogP contribution in [0.1, 0.15) is 29.2 Å². The molecule has 7 nitrogen and oxygen atoms in total. The maximum Gasteiger partial charge on any atom is 0.328 e. The van der Waals surface area contributed by atoms with Crippen molar-refractivity contribution in [1.82, 2.24) is 9.80 Å². The largest absolute Gasteiger partial charge is 0.459 e. The van der Waals surface area contributed by atoms with Crippen molar-refractivity contribution in [3.8, 4) is 6.07 Å². The second-order valence-electron chi connectivity index (χ2n) is 8.15. The third-order valence-electron chi connectivity index (χ3n) is 5.95. The summed E-state index contributed by atoms with van der Waals surface area (Å²) in [5.41, 5.74) is 1.31. The number of urea groups is 1. The zero-order chi connectivity index (χ0) is 24.1. The summed E-state index contributed by atoms with van der Waals surface area (Å²) in [6.45, 7) is 1.41. The highest BCUT2D eigenvalue weighted by Crippen LogP contribution is 2.38. The summed E-state index contributed by atoms with van der Waals surface area (Å²) in [5.74, 6) is -1.19. The van der Waals surface area contributed by atoms with Crippen LogP contribution >= 0.6 is 0 Å². The number of amides is 3. The van der Waals surface area contributed by atoms with E-state index in [2.05, 4.69) is 6.07 Å². The van der Waals surface area contributed by atoms with Crippen LogP contribution in [0, 0.1) is 11.3 Å². The second-order valence-corrected chi connectivity index (χ2v) is 8.15. The summed E-state index contributed by atoms with van der Waals surface area (Å²) in [4.78, 5) is 41.9. The van der Waals surface area contributed by atoms with E-state index in [1.54, 1.807) is 31.2 Å². The lowest BCUT2D eigenvalue weighted by molar-refractivity contribution is -0.149. The highest BCUT2D eigenvalue weighted by Gasteiger charge is 2.55. The first-order valence-electron chi connectivity index (χ1n) is 10.8. The molecule has 0 bridgehead atoms. The molecule has 0 aliphatic carbocycles. The minimum Gasteiger partial charge on any atom is -0.459 e. The van der Waals surface area contributed by atoms with Gasteiger partial charge >= 0.3 is 12.0 Å². The Balaban J connectivity index is 1.60. The van der Waals surface area contributed by atoms with Crippen LogP contribution in [0.5, 0.6) is 0 Å². The molecule has 3 amide bonds.